The van der Waals surface area contributed by atoms with Gasteiger partial charge in [0, 0.05) is 34.5 Å². The lowest BCUT2D eigenvalue weighted by atomic mass is 10.4. The van der Waals surface area contributed by atoms with Crippen molar-refractivity contribution in [3.05, 3.63) is 0 Å². The van der Waals surface area contributed by atoms with E-state index in [1.807, 2.05) is 21.6 Å². The van der Waals surface area contributed by atoms with Crippen molar-refractivity contribution in [3.63, 3.8) is 0 Å². The standard InChI is InChI=1S/2C4H8S2/c1-2-6-4-3-5-1;1-2-4-6-5-3-1/h2*1-4H2. The summed E-state index contributed by atoms with van der Waals surface area (Å²) in [5.41, 5.74) is 0. The normalized spacial score (nSPS) is 24.0. The summed E-state index contributed by atoms with van der Waals surface area (Å²) in [6.45, 7) is 0. The zero-order valence-corrected chi connectivity index (χ0v) is 10.6. The molecule has 2 saturated heterocycles. The lowest BCUT2D eigenvalue weighted by Crippen LogP contribution is -1.97. The Balaban J connectivity index is 0.000000120. The van der Waals surface area contributed by atoms with Crippen molar-refractivity contribution in [2.75, 3.05) is 34.5 Å². The monoisotopic (exact) mass is 240 g/mol. The molecule has 72 valence electrons. The lowest BCUT2D eigenvalue weighted by molar-refractivity contribution is 0.906. The Morgan fingerprint density at radius 2 is 0.917 bits per heavy atom. The summed E-state index contributed by atoms with van der Waals surface area (Å²) >= 11 is 4.15. The third-order valence-corrected chi connectivity index (χ3v) is 6.60. The molecule has 0 nitrogen and oxygen atoms in total. The molecular weight excluding hydrogens is 224 g/mol. The van der Waals surface area contributed by atoms with E-state index >= 15 is 0 Å². The van der Waals surface area contributed by atoms with Gasteiger partial charge in [0.05, 0.1) is 0 Å². The summed E-state index contributed by atoms with van der Waals surface area (Å²) < 4.78 is 0. The molecule has 0 amide bonds. The molecule has 0 bridgehead atoms. The molecule has 2 aliphatic heterocycles. The van der Waals surface area contributed by atoms with E-state index < -0.39 is 0 Å². The van der Waals surface area contributed by atoms with Crippen molar-refractivity contribution in [2.24, 2.45) is 0 Å². The van der Waals surface area contributed by atoms with Gasteiger partial charge in [0.15, 0.2) is 0 Å². The summed E-state index contributed by atoms with van der Waals surface area (Å²) in [5.74, 6) is 8.28. The van der Waals surface area contributed by atoms with Gasteiger partial charge < -0.3 is 0 Å². The van der Waals surface area contributed by atoms with Gasteiger partial charge >= 0.3 is 0 Å². The van der Waals surface area contributed by atoms with Crippen LogP contribution in [0.5, 0.6) is 0 Å². The fraction of sp³-hybridized carbons (Fsp3) is 1.00. The quantitative estimate of drug-likeness (QED) is 0.593. The molecule has 0 unspecified atom stereocenters. The Labute approximate surface area is 92.2 Å². The van der Waals surface area contributed by atoms with Crippen molar-refractivity contribution >= 4 is 45.1 Å². The summed E-state index contributed by atoms with van der Waals surface area (Å²) in [7, 11) is 4.02. The minimum Gasteiger partial charge on any atom is -0.160 e. The van der Waals surface area contributed by atoms with Crippen LogP contribution >= 0.6 is 45.1 Å². The Hall–Kier alpha value is 1.40. The third-order valence-electron chi connectivity index (χ3n) is 1.53. The molecule has 0 aliphatic carbocycles. The van der Waals surface area contributed by atoms with Crippen LogP contribution in [0.2, 0.25) is 0 Å². The van der Waals surface area contributed by atoms with Gasteiger partial charge in [-0.2, -0.15) is 23.5 Å². The fourth-order valence-corrected chi connectivity index (χ4v) is 5.47. The molecule has 2 rings (SSSR count). The first kappa shape index (κ1) is 11.5. The van der Waals surface area contributed by atoms with Crippen molar-refractivity contribution < 1.29 is 0 Å². The number of thioether (sulfide) groups is 2. The van der Waals surface area contributed by atoms with Gasteiger partial charge in [0.25, 0.3) is 0 Å². The maximum Gasteiger partial charge on any atom is 0.00372 e. The minimum absolute atomic E-state index is 1.38. The molecule has 2 heterocycles. The zero-order chi connectivity index (χ0) is 8.49. The molecule has 0 saturated carbocycles. The van der Waals surface area contributed by atoms with Gasteiger partial charge in [-0.15, -0.1) is 0 Å². The second kappa shape index (κ2) is 8.97. The van der Waals surface area contributed by atoms with Crippen LogP contribution in [0, 0.1) is 0 Å². The van der Waals surface area contributed by atoms with E-state index in [2.05, 4.69) is 23.5 Å². The van der Waals surface area contributed by atoms with Gasteiger partial charge in [0.2, 0.25) is 0 Å². The summed E-state index contributed by atoms with van der Waals surface area (Å²) in [6, 6.07) is 0. The molecule has 0 spiro atoms. The average molecular weight is 240 g/mol. The van der Waals surface area contributed by atoms with E-state index in [0.29, 0.717) is 0 Å². The Morgan fingerprint density at radius 1 is 0.500 bits per heavy atom. The molecule has 2 fully saturated rings. The molecule has 4 heteroatoms. The maximum atomic E-state index is 2.07. The largest absolute Gasteiger partial charge is 0.160 e. The Kier molecular flexibility index (Phi) is 8.58. The highest BCUT2D eigenvalue weighted by Crippen LogP contribution is 2.28. The molecule has 0 atom stereocenters. The Bertz CT molecular complexity index is 54.0. The molecular formula is C8H16S4. The van der Waals surface area contributed by atoms with Gasteiger partial charge in [-0.25, -0.2) is 0 Å². The topological polar surface area (TPSA) is 0 Å². The van der Waals surface area contributed by atoms with E-state index in [9.17, 15) is 0 Å². The van der Waals surface area contributed by atoms with Gasteiger partial charge in [-0.05, 0) is 12.8 Å². The summed E-state index contributed by atoms with van der Waals surface area (Å²) in [4.78, 5) is 0. The van der Waals surface area contributed by atoms with Crippen LogP contribution in [0.1, 0.15) is 12.8 Å². The van der Waals surface area contributed by atoms with Crippen molar-refractivity contribution in [3.8, 4) is 0 Å². The molecule has 0 N–H and O–H groups in total. The molecule has 0 aromatic heterocycles. The van der Waals surface area contributed by atoms with Crippen LogP contribution in [-0.2, 0) is 0 Å². The van der Waals surface area contributed by atoms with E-state index in [-0.39, 0.29) is 0 Å². The van der Waals surface area contributed by atoms with E-state index in [0.717, 1.165) is 0 Å². The first-order valence-corrected chi connectivity index (χ1v) is 9.20. The van der Waals surface area contributed by atoms with Crippen LogP contribution in [0.15, 0.2) is 0 Å². The molecule has 0 aromatic carbocycles. The first-order valence-electron chi connectivity index (χ1n) is 4.40. The Morgan fingerprint density at radius 3 is 1.08 bits per heavy atom. The van der Waals surface area contributed by atoms with Crippen LogP contribution in [0.25, 0.3) is 0 Å². The third kappa shape index (κ3) is 6.87. The SMILES string of the molecule is C1CCSSC1.C1CSCCS1. The second-order valence-electron chi connectivity index (χ2n) is 2.58. The number of hydrogen-bond acceptors (Lipinski definition) is 4. The molecule has 2 aliphatic rings. The fourth-order valence-electron chi connectivity index (χ4n) is 0.880. The van der Waals surface area contributed by atoms with Gasteiger partial charge in [-0.1, -0.05) is 21.6 Å². The summed E-state index contributed by atoms with van der Waals surface area (Å²) in [5, 5.41) is 0. The van der Waals surface area contributed by atoms with Crippen LogP contribution in [-0.4, -0.2) is 34.5 Å². The van der Waals surface area contributed by atoms with E-state index in [4.69, 9.17) is 0 Å². The molecule has 0 radical (unpaired) electrons. The van der Waals surface area contributed by atoms with Crippen LogP contribution < -0.4 is 0 Å². The average Bonchev–Trinajstić information content (AvgIpc) is 2.24. The van der Waals surface area contributed by atoms with Crippen molar-refractivity contribution in [2.45, 2.75) is 12.8 Å². The number of hydrogen-bond donors (Lipinski definition) is 0. The summed E-state index contributed by atoms with van der Waals surface area (Å²) in [6.07, 6.45) is 2.88. The lowest BCUT2D eigenvalue weighted by Gasteiger charge is -2.05. The minimum atomic E-state index is 1.38. The van der Waals surface area contributed by atoms with Gasteiger partial charge in [0.1, 0.15) is 0 Å². The highest BCUT2D eigenvalue weighted by Gasteiger charge is 1.96. The maximum absolute atomic E-state index is 2.07. The van der Waals surface area contributed by atoms with Crippen LogP contribution in [0.3, 0.4) is 0 Å². The first-order chi connectivity index (χ1) is 6.00. The van der Waals surface area contributed by atoms with Crippen molar-refractivity contribution in [1.29, 1.82) is 0 Å². The zero-order valence-electron chi connectivity index (χ0n) is 7.29. The highest BCUT2D eigenvalue weighted by atomic mass is 33.1. The molecule has 0 aromatic rings. The predicted molar refractivity (Wildman–Crippen MR) is 68.8 cm³/mol. The predicted octanol–water partition coefficient (Wildman–Crippen LogP) is 3.63. The van der Waals surface area contributed by atoms with E-state index in [1.165, 1.54) is 47.4 Å². The highest BCUT2D eigenvalue weighted by molar-refractivity contribution is 8.76. The number of rotatable bonds is 0. The smallest absolute Gasteiger partial charge is 0.00372 e. The second-order valence-corrected chi connectivity index (χ2v) is 7.73. The van der Waals surface area contributed by atoms with E-state index in [1.54, 1.807) is 0 Å². The van der Waals surface area contributed by atoms with Gasteiger partial charge in [-0.3, -0.25) is 0 Å². The molecule has 12 heavy (non-hydrogen) atoms. The van der Waals surface area contributed by atoms with Crippen LogP contribution in [0.4, 0.5) is 0 Å². The van der Waals surface area contributed by atoms with Crippen molar-refractivity contribution in [1.82, 2.24) is 0 Å².